The lowest BCUT2D eigenvalue weighted by Gasteiger charge is -2.11. The van der Waals surface area contributed by atoms with E-state index in [1.165, 1.54) is 12.1 Å². The van der Waals surface area contributed by atoms with Crippen LogP contribution in [0.25, 0.3) is 0 Å². The molecule has 0 aliphatic heterocycles. The van der Waals surface area contributed by atoms with Gasteiger partial charge in [0.1, 0.15) is 6.61 Å². The van der Waals surface area contributed by atoms with Crippen LogP contribution in [0.15, 0.2) is 36.4 Å². The standard InChI is InChI=1S/C16H16ClF2NO/c1-10(20)5-12-7-14(18)16(15(19)8-12)21-9-11-3-2-4-13(17)6-11/h2-4,6-8,10H,5,9,20H2,1H3. The lowest BCUT2D eigenvalue weighted by molar-refractivity contribution is 0.274. The van der Waals surface area contributed by atoms with E-state index >= 15 is 0 Å². The van der Waals surface area contributed by atoms with Crippen LogP contribution >= 0.6 is 11.6 Å². The summed E-state index contributed by atoms with van der Waals surface area (Å²) < 4.78 is 33.1. The second kappa shape index (κ2) is 6.87. The van der Waals surface area contributed by atoms with Gasteiger partial charge in [-0.1, -0.05) is 23.7 Å². The highest BCUT2D eigenvalue weighted by atomic mass is 35.5. The Balaban J connectivity index is 2.13. The minimum Gasteiger partial charge on any atom is -0.483 e. The molecule has 0 aliphatic rings. The summed E-state index contributed by atoms with van der Waals surface area (Å²) in [6, 6.07) is 9.25. The van der Waals surface area contributed by atoms with Crippen molar-refractivity contribution in [3.8, 4) is 5.75 Å². The van der Waals surface area contributed by atoms with E-state index in [-0.39, 0.29) is 18.4 Å². The Morgan fingerprint density at radius 1 is 1.14 bits per heavy atom. The zero-order valence-electron chi connectivity index (χ0n) is 11.6. The summed E-state index contributed by atoms with van der Waals surface area (Å²) in [4.78, 5) is 0. The summed E-state index contributed by atoms with van der Waals surface area (Å²) in [6.07, 6.45) is 0.405. The average Bonchev–Trinajstić information content (AvgIpc) is 2.37. The third-order valence-corrected chi connectivity index (χ3v) is 3.12. The molecule has 112 valence electrons. The molecule has 2 aromatic rings. The number of nitrogens with two attached hydrogens (primary N) is 1. The van der Waals surface area contributed by atoms with E-state index in [1.807, 2.05) is 0 Å². The Hall–Kier alpha value is -1.65. The largest absolute Gasteiger partial charge is 0.483 e. The Morgan fingerprint density at radius 3 is 2.38 bits per heavy atom. The fraction of sp³-hybridized carbons (Fsp3) is 0.250. The molecule has 2 N–H and O–H groups in total. The first-order valence-corrected chi connectivity index (χ1v) is 6.94. The van der Waals surface area contributed by atoms with Crippen molar-refractivity contribution in [3.05, 3.63) is 64.2 Å². The van der Waals surface area contributed by atoms with Gasteiger partial charge in [0.25, 0.3) is 0 Å². The molecule has 21 heavy (non-hydrogen) atoms. The van der Waals surface area contributed by atoms with Crippen molar-refractivity contribution in [3.63, 3.8) is 0 Å². The van der Waals surface area contributed by atoms with Gasteiger partial charge in [-0.15, -0.1) is 0 Å². The van der Waals surface area contributed by atoms with E-state index < -0.39 is 11.6 Å². The molecular weight excluding hydrogens is 296 g/mol. The summed E-state index contributed by atoms with van der Waals surface area (Å²) in [5.41, 5.74) is 6.87. The van der Waals surface area contributed by atoms with Crippen LogP contribution in [0.3, 0.4) is 0 Å². The molecule has 2 rings (SSSR count). The molecule has 2 aromatic carbocycles. The van der Waals surface area contributed by atoms with Crippen LogP contribution in [-0.4, -0.2) is 6.04 Å². The lowest BCUT2D eigenvalue weighted by atomic mass is 10.1. The lowest BCUT2D eigenvalue weighted by Crippen LogP contribution is -2.18. The number of ether oxygens (including phenoxy) is 1. The maximum absolute atomic E-state index is 13.9. The minimum atomic E-state index is -0.729. The molecule has 0 aliphatic carbocycles. The molecule has 0 amide bonds. The molecule has 0 aromatic heterocycles. The first kappa shape index (κ1) is 15.7. The summed E-state index contributed by atoms with van der Waals surface area (Å²) in [6.45, 7) is 1.82. The first-order chi connectivity index (χ1) is 9.95. The van der Waals surface area contributed by atoms with E-state index in [0.717, 1.165) is 5.56 Å². The molecule has 1 unspecified atom stereocenters. The maximum Gasteiger partial charge on any atom is 0.191 e. The van der Waals surface area contributed by atoms with Crippen molar-refractivity contribution in [2.24, 2.45) is 5.73 Å². The van der Waals surface area contributed by atoms with Crippen LogP contribution in [0.2, 0.25) is 5.02 Å². The van der Waals surface area contributed by atoms with Gasteiger partial charge < -0.3 is 10.5 Å². The summed E-state index contributed by atoms with van der Waals surface area (Å²) in [5.74, 6) is -1.84. The van der Waals surface area contributed by atoms with E-state index in [2.05, 4.69) is 0 Å². The van der Waals surface area contributed by atoms with Gasteiger partial charge in [-0.05, 0) is 48.7 Å². The number of hydrogen-bond donors (Lipinski definition) is 1. The Labute approximate surface area is 127 Å². The Morgan fingerprint density at radius 2 is 1.81 bits per heavy atom. The third kappa shape index (κ3) is 4.41. The van der Waals surface area contributed by atoms with Crippen LogP contribution in [0, 0.1) is 11.6 Å². The van der Waals surface area contributed by atoms with Gasteiger partial charge in [-0.2, -0.15) is 0 Å². The number of rotatable bonds is 5. The van der Waals surface area contributed by atoms with Crippen LogP contribution in [0.5, 0.6) is 5.75 Å². The highest BCUT2D eigenvalue weighted by molar-refractivity contribution is 6.30. The fourth-order valence-electron chi connectivity index (χ4n) is 2.02. The molecule has 0 saturated heterocycles. The molecule has 0 heterocycles. The first-order valence-electron chi connectivity index (χ1n) is 6.56. The van der Waals surface area contributed by atoms with Crippen LogP contribution in [-0.2, 0) is 13.0 Å². The Bertz CT molecular complexity index is 608. The van der Waals surface area contributed by atoms with Crippen molar-refractivity contribution in [1.82, 2.24) is 0 Å². The quantitative estimate of drug-likeness (QED) is 0.902. The van der Waals surface area contributed by atoms with E-state index in [1.54, 1.807) is 31.2 Å². The molecule has 5 heteroatoms. The van der Waals surface area contributed by atoms with Gasteiger partial charge in [0.05, 0.1) is 0 Å². The minimum absolute atomic E-state index is 0.0427. The Kier molecular flexibility index (Phi) is 5.15. The van der Waals surface area contributed by atoms with Crippen molar-refractivity contribution >= 4 is 11.6 Å². The van der Waals surface area contributed by atoms with Crippen molar-refractivity contribution in [2.45, 2.75) is 26.0 Å². The summed E-state index contributed by atoms with van der Waals surface area (Å²) in [7, 11) is 0. The highest BCUT2D eigenvalue weighted by Gasteiger charge is 2.13. The third-order valence-electron chi connectivity index (χ3n) is 2.89. The fourth-order valence-corrected chi connectivity index (χ4v) is 2.24. The van der Waals surface area contributed by atoms with Gasteiger partial charge in [0, 0.05) is 11.1 Å². The van der Waals surface area contributed by atoms with Crippen LogP contribution in [0.1, 0.15) is 18.1 Å². The average molecular weight is 312 g/mol. The summed E-state index contributed by atoms with van der Waals surface area (Å²) >= 11 is 5.84. The number of halogens is 3. The normalized spacial score (nSPS) is 12.2. The molecule has 1 atom stereocenters. The smallest absolute Gasteiger partial charge is 0.191 e. The zero-order chi connectivity index (χ0) is 15.4. The van der Waals surface area contributed by atoms with Crippen molar-refractivity contribution < 1.29 is 13.5 Å². The number of hydrogen-bond acceptors (Lipinski definition) is 2. The van der Waals surface area contributed by atoms with Gasteiger partial charge in [-0.3, -0.25) is 0 Å². The van der Waals surface area contributed by atoms with Gasteiger partial charge in [0.15, 0.2) is 17.4 Å². The van der Waals surface area contributed by atoms with Gasteiger partial charge >= 0.3 is 0 Å². The molecule has 0 saturated carbocycles. The van der Waals surface area contributed by atoms with E-state index in [9.17, 15) is 8.78 Å². The second-order valence-corrected chi connectivity index (χ2v) is 5.43. The van der Waals surface area contributed by atoms with E-state index in [0.29, 0.717) is 17.0 Å². The van der Waals surface area contributed by atoms with Crippen LogP contribution in [0.4, 0.5) is 8.78 Å². The molecule has 0 spiro atoms. The molecule has 0 bridgehead atoms. The number of benzene rings is 2. The van der Waals surface area contributed by atoms with E-state index in [4.69, 9.17) is 22.1 Å². The second-order valence-electron chi connectivity index (χ2n) is 4.99. The SMILES string of the molecule is CC(N)Cc1cc(F)c(OCc2cccc(Cl)c2)c(F)c1. The van der Waals surface area contributed by atoms with Gasteiger partial charge in [-0.25, -0.2) is 8.78 Å². The molecule has 0 radical (unpaired) electrons. The van der Waals surface area contributed by atoms with Crippen molar-refractivity contribution in [1.29, 1.82) is 0 Å². The summed E-state index contributed by atoms with van der Waals surface area (Å²) in [5, 5.41) is 0.546. The van der Waals surface area contributed by atoms with Gasteiger partial charge in [0.2, 0.25) is 0 Å². The van der Waals surface area contributed by atoms with Crippen molar-refractivity contribution in [2.75, 3.05) is 0 Å². The highest BCUT2D eigenvalue weighted by Crippen LogP contribution is 2.25. The maximum atomic E-state index is 13.9. The zero-order valence-corrected chi connectivity index (χ0v) is 12.3. The topological polar surface area (TPSA) is 35.2 Å². The predicted octanol–water partition coefficient (Wildman–Crippen LogP) is 4.09. The molecular formula is C16H16ClF2NO. The molecule has 2 nitrogen and oxygen atoms in total. The molecule has 0 fully saturated rings. The predicted molar refractivity (Wildman–Crippen MR) is 79.5 cm³/mol. The monoisotopic (exact) mass is 311 g/mol. The van der Waals surface area contributed by atoms with Crippen LogP contribution < -0.4 is 10.5 Å².